The smallest absolute Gasteiger partial charge is 0.131 e. The summed E-state index contributed by atoms with van der Waals surface area (Å²) >= 11 is 0. The molecule has 0 saturated carbocycles. The van der Waals surface area contributed by atoms with Crippen LogP contribution in [-0.4, -0.2) is 29.2 Å². The lowest BCUT2D eigenvalue weighted by molar-refractivity contribution is 0.109. The van der Waals surface area contributed by atoms with Gasteiger partial charge >= 0.3 is 0 Å². The first-order valence-corrected chi connectivity index (χ1v) is 7.47. The normalized spacial score (nSPS) is 19.0. The highest BCUT2D eigenvalue weighted by Gasteiger charge is 2.19. The van der Waals surface area contributed by atoms with E-state index in [0.717, 1.165) is 51.0 Å². The number of aromatic nitrogens is 2. The Morgan fingerprint density at radius 3 is 2.37 bits per heavy atom. The fourth-order valence-electron chi connectivity index (χ4n) is 2.76. The van der Waals surface area contributed by atoms with Gasteiger partial charge in [-0.2, -0.15) is 0 Å². The molecule has 0 aromatic carbocycles. The van der Waals surface area contributed by atoms with Crippen LogP contribution in [0.5, 0.6) is 0 Å². The molecular weight excluding hydrogens is 238 g/mol. The van der Waals surface area contributed by atoms with Crippen LogP contribution < -0.4 is 5.73 Å². The van der Waals surface area contributed by atoms with Crippen molar-refractivity contribution in [3.05, 3.63) is 22.8 Å². The summed E-state index contributed by atoms with van der Waals surface area (Å²) < 4.78 is 5.68. The zero-order chi connectivity index (χ0) is 13.7. The minimum Gasteiger partial charge on any atom is -0.378 e. The maximum Gasteiger partial charge on any atom is 0.131 e. The second-order valence-corrected chi connectivity index (χ2v) is 5.10. The van der Waals surface area contributed by atoms with Crippen molar-refractivity contribution in [3.63, 3.8) is 0 Å². The van der Waals surface area contributed by atoms with Crippen molar-refractivity contribution in [1.82, 2.24) is 9.97 Å². The summed E-state index contributed by atoms with van der Waals surface area (Å²) in [5.74, 6) is 0.946. The molecule has 0 aliphatic carbocycles. The van der Waals surface area contributed by atoms with Gasteiger partial charge in [0, 0.05) is 24.4 Å². The van der Waals surface area contributed by atoms with E-state index in [-0.39, 0.29) is 0 Å². The van der Waals surface area contributed by atoms with Gasteiger partial charge in [-0.05, 0) is 44.2 Å². The molecule has 0 amide bonds. The van der Waals surface area contributed by atoms with Gasteiger partial charge in [-0.3, -0.25) is 0 Å². The lowest BCUT2D eigenvalue weighted by Gasteiger charge is -2.15. The molecule has 106 valence electrons. The molecule has 2 rings (SSSR count). The Bertz CT molecular complexity index is 389. The first-order valence-electron chi connectivity index (χ1n) is 7.47. The maximum atomic E-state index is 5.70. The Hall–Kier alpha value is -1.00. The van der Waals surface area contributed by atoms with Crippen LogP contribution >= 0.6 is 0 Å². The Morgan fingerprint density at radius 1 is 1.21 bits per heavy atom. The SMILES string of the molecule is CCc1nc(CC2CCCO2)nc(CC)c1CCN. The van der Waals surface area contributed by atoms with Crippen molar-refractivity contribution in [2.75, 3.05) is 13.2 Å². The fourth-order valence-corrected chi connectivity index (χ4v) is 2.76. The zero-order valence-corrected chi connectivity index (χ0v) is 12.1. The molecule has 1 atom stereocenters. The van der Waals surface area contributed by atoms with Gasteiger partial charge in [0.25, 0.3) is 0 Å². The minimum atomic E-state index is 0.315. The van der Waals surface area contributed by atoms with Crippen molar-refractivity contribution in [1.29, 1.82) is 0 Å². The highest BCUT2D eigenvalue weighted by molar-refractivity contribution is 5.27. The van der Waals surface area contributed by atoms with E-state index in [1.54, 1.807) is 0 Å². The summed E-state index contributed by atoms with van der Waals surface area (Å²) in [4.78, 5) is 9.47. The number of hydrogen-bond acceptors (Lipinski definition) is 4. The van der Waals surface area contributed by atoms with E-state index in [9.17, 15) is 0 Å². The van der Waals surface area contributed by atoms with Crippen LogP contribution in [-0.2, 0) is 30.4 Å². The van der Waals surface area contributed by atoms with E-state index in [2.05, 4.69) is 13.8 Å². The highest BCUT2D eigenvalue weighted by atomic mass is 16.5. The molecule has 2 heterocycles. The van der Waals surface area contributed by atoms with Gasteiger partial charge in [0.15, 0.2) is 0 Å². The Kier molecular flexibility index (Phi) is 5.28. The quantitative estimate of drug-likeness (QED) is 0.850. The van der Waals surface area contributed by atoms with Gasteiger partial charge in [-0.25, -0.2) is 9.97 Å². The Morgan fingerprint density at radius 2 is 1.89 bits per heavy atom. The molecule has 2 N–H and O–H groups in total. The molecule has 1 aromatic heterocycles. The molecule has 19 heavy (non-hydrogen) atoms. The first-order chi connectivity index (χ1) is 9.28. The summed E-state index contributed by atoms with van der Waals surface area (Å²) in [6.45, 7) is 5.85. The van der Waals surface area contributed by atoms with Gasteiger partial charge in [-0.15, -0.1) is 0 Å². The predicted octanol–water partition coefficient (Wildman–Crippen LogP) is 1.82. The van der Waals surface area contributed by atoms with Gasteiger partial charge in [0.2, 0.25) is 0 Å². The van der Waals surface area contributed by atoms with E-state index in [1.807, 2.05) is 0 Å². The van der Waals surface area contributed by atoms with Crippen molar-refractivity contribution in [2.24, 2.45) is 5.73 Å². The number of rotatable bonds is 6. The van der Waals surface area contributed by atoms with E-state index < -0.39 is 0 Å². The molecule has 0 bridgehead atoms. The second kappa shape index (κ2) is 6.96. The van der Waals surface area contributed by atoms with E-state index >= 15 is 0 Å². The van der Waals surface area contributed by atoms with E-state index in [1.165, 1.54) is 17.0 Å². The molecule has 0 spiro atoms. The van der Waals surface area contributed by atoms with Crippen LogP contribution in [0.1, 0.15) is 49.5 Å². The Balaban J connectivity index is 2.24. The average Bonchev–Trinajstić information content (AvgIpc) is 2.93. The Labute approximate surface area is 115 Å². The topological polar surface area (TPSA) is 61.0 Å². The zero-order valence-electron chi connectivity index (χ0n) is 12.1. The van der Waals surface area contributed by atoms with Crippen molar-refractivity contribution in [2.45, 2.75) is 58.5 Å². The van der Waals surface area contributed by atoms with Crippen LogP contribution in [0.3, 0.4) is 0 Å². The number of ether oxygens (including phenoxy) is 1. The van der Waals surface area contributed by atoms with E-state index in [4.69, 9.17) is 20.4 Å². The second-order valence-electron chi connectivity index (χ2n) is 5.10. The number of nitrogens with two attached hydrogens (primary N) is 1. The summed E-state index contributed by atoms with van der Waals surface area (Å²) in [6, 6.07) is 0. The lowest BCUT2D eigenvalue weighted by atomic mass is 10.0. The third kappa shape index (κ3) is 3.51. The van der Waals surface area contributed by atoms with Crippen molar-refractivity contribution in [3.8, 4) is 0 Å². The summed E-state index contributed by atoms with van der Waals surface area (Å²) in [7, 11) is 0. The molecule has 1 aliphatic heterocycles. The van der Waals surface area contributed by atoms with Gasteiger partial charge in [0.05, 0.1) is 6.10 Å². The van der Waals surface area contributed by atoms with E-state index in [0.29, 0.717) is 12.6 Å². The van der Waals surface area contributed by atoms with Crippen LogP contribution in [0.25, 0.3) is 0 Å². The van der Waals surface area contributed by atoms with Crippen molar-refractivity contribution >= 4 is 0 Å². The monoisotopic (exact) mass is 263 g/mol. The molecule has 4 heteroatoms. The molecule has 1 saturated heterocycles. The minimum absolute atomic E-state index is 0.315. The first kappa shape index (κ1) is 14.4. The molecule has 0 radical (unpaired) electrons. The third-order valence-corrected chi connectivity index (χ3v) is 3.72. The van der Waals surface area contributed by atoms with Crippen LogP contribution in [0, 0.1) is 0 Å². The molecule has 4 nitrogen and oxygen atoms in total. The summed E-state index contributed by atoms with van der Waals surface area (Å²) in [5, 5.41) is 0. The molecule has 1 unspecified atom stereocenters. The highest BCUT2D eigenvalue weighted by Crippen LogP contribution is 2.19. The van der Waals surface area contributed by atoms with Crippen LogP contribution in [0.4, 0.5) is 0 Å². The van der Waals surface area contributed by atoms with Gasteiger partial charge < -0.3 is 10.5 Å². The average molecular weight is 263 g/mol. The third-order valence-electron chi connectivity index (χ3n) is 3.72. The predicted molar refractivity (Wildman–Crippen MR) is 76.2 cm³/mol. The van der Waals surface area contributed by atoms with Crippen molar-refractivity contribution < 1.29 is 4.74 Å². The fraction of sp³-hybridized carbons (Fsp3) is 0.733. The molecule has 1 aromatic rings. The molecular formula is C15H25N3O. The standard InChI is InChI=1S/C15H25N3O/c1-3-13-12(7-8-16)14(4-2)18-15(17-13)10-11-6-5-9-19-11/h11H,3-10,16H2,1-2H3. The van der Waals surface area contributed by atoms with Gasteiger partial charge in [-0.1, -0.05) is 13.8 Å². The summed E-state index contributed by atoms with van der Waals surface area (Å²) in [6.07, 6.45) is 6.24. The maximum absolute atomic E-state index is 5.70. The number of hydrogen-bond donors (Lipinski definition) is 1. The lowest BCUT2D eigenvalue weighted by Crippen LogP contribution is -2.17. The number of nitrogens with zero attached hydrogens (tertiary/aromatic N) is 2. The number of aryl methyl sites for hydroxylation is 2. The summed E-state index contributed by atoms with van der Waals surface area (Å²) in [5.41, 5.74) is 9.31. The largest absolute Gasteiger partial charge is 0.378 e. The van der Waals surface area contributed by atoms with Crippen LogP contribution in [0.15, 0.2) is 0 Å². The van der Waals surface area contributed by atoms with Crippen LogP contribution in [0.2, 0.25) is 0 Å². The van der Waals surface area contributed by atoms with Gasteiger partial charge in [0.1, 0.15) is 5.82 Å². The molecule has 1 aliphatic rings. The molecule has 1 fully saturated rings.